The van der Waals surface area contributed by atoms with Crippen LogP contribution in [0, 0.1) is 0 Å². The van der Waals surface area contributed by atoms with Gasteiger partial charge in [-0.15, -0.1) is 0 Å². The molecular formula is C21H24N2O4S. The fourth-order valence-electron chi connectivity index (χ4n) is 3.87. The molecule has 1 fully saturated rings. The van der Waals surface area contributed by atoms with Gasteiger partial charge in [0.25, 0.3) is 0 Å². The van der Waals surface area contributed by atoms with Crippen molar-refractivity contribution >= 4 is 21.7 Å². The predicted molar refractivity (Wildman–Crippen MR) is 107 cm³/mol. The van der Waals surface area contributed by atoms with Gasteiger partial charge >= 0.3 is 10.1 Å². The number of hydrogen-bond acceptors (Lipinski definition) is 5. The largest absolute Gasteiger partial charge is 0.379 e. The Balaban J connectivity index is 1.44. The molecule has 148 valence electrons. The molecule has 0 N–H and O–H groups in total. The summed E-state index contributed by atoms with van der Waals surface area (Å²) in [5.74, 6) is 0.395. The van der Waals surface area contributed by atoms with Crippen LogP contribution < -0.4 is 9.08 Å². The van der Waals surface area contributed by atoms with Crippen LogP contribution in [-0.2, 0) is 27.8 Å². The van der Waals surface area contributed by atoms with E-state index in [-0.39, 0.29) is 10.8 Å². The maximum Gasteiger partial charge on any atom is 0.339 e. The van der Waals surface area contributed by atoms with Gasteiger partial charge < -0.3 is 14.0 Å². The number of nitrogens with zero attached hydrogens (tertiary/aromatic N) is 2. The van der Waals surface area contributed by atoms with Gasteiger partial charge in [-0.1, -0.05) is 6.07 Å². The number of fused-ring (bicyclic) bond motifs is 1. The average molecular weight is 401 g/mol. The molecule has 0 radical (unpaired) electrons. The van der Waals surface area contributed by atoms with Gasteiger partial charge in [-0.3, -0.25) is 4.79 Å². The van der Waals surface area contributed by atoms with Crippen molar-refractivity contribution in [2.45, 2.75) is 31.1 Å². The van der Waals surface area contributed by atoms with Crippen LogP contribution in [0.3, 0.4) is 0 Å². The average Bonchev–Trinajstić information content (AvgIpc) is 3.16. The number of aryl methyl sites for hydroxylation is 2. The number of piperazine rings is 1. The van der Waals surface area contributed by atoms with E-state index in [4.69, 9.17) is 4.18 Å². The molecule has 0 saturated carbocycles. The van der Waals surface area contributed by atoms with Crippen molar-refractivity contribution in [2.75, 3.05) is 31.1 Å². The van der Waals surface area contributed by atoms with Gasteiger partial charge in [0.05, 0.1) is 0 Å². The molecule has 0 spiro atoms. The van der Waals surface area contributed by atoms with Gasteiger partial charge in [0.2, 0.25) is 5.91 Å². The van der Waals surface area contributed by atoms with E-state index >= 15 is 0 Å². The Hall–Kier alpha value is -2.54. The summed E-state index contributed by atoms with van der Waals surface area (Å²) < 4.78 is 30.6. The van der Waals surface area contributed by atoms with Crippen molar-refractivity contribution in [1.82, 2.24) is 4.90 Å². The van der Waals surface area contributed by atoms with E-state index in [0.29, 0.717) is 18.8 Å². The molecule has 6 nitrogen and oxygen atoms in total. The fourth-order valence-corrected chi connectivity index (χ4v) is 4.85. The third kappa shape index (κ3) is 3.85. The van der Waals surface area contributed by atoms with E-state index in [1.807, 2.05) is 23.1 Å². The number of carbonyl (C=O) groups excluding carboxylic acids is 1. The smallest absolute Gasteiger partial charge is 0.339 e. The molecule has 0 unspecified atom stereocenters. The number of rotatable bonds is 4. The van der Waals surface area contributed by atoms with Crippen LogP contribution in [0.2, 0.25) is 0 Å². The van der Waals surface area contributed by atoms with E-state index in [2.05, 4.69) is 4.90 Å². The van der Waals surface area contributed by atoms with Crippen molar-refractivity contribution < 1.29 is 17.4 Å². The first-order chi connectivity index (χ1) is 13.4. The summed E-state index contributed by atoms with van der Waals surface area (Å²) in [5, 5.41) is 0. The first kappa shape index (κ1) is 18.8. The molecule has 1 heterocycles. The minimum absolute atomic E-state index is 0.0974. The molecule has 1 amide bonds. The monoisotopic (exact) mass is 400 g/mol. The maximum atomic E-state index is 12.6. The van der Waals surface area contributed by atoms with E-state index in [9.17, 15) is 13.2 Å². The van der Waals surface area contributed by atoms with Gasteiger partial charge in [-0.25, -0.2) is 0 Å². The minimum atomic E-state index is -3.85. The predicted octanol–water partition coefficient (Wildman–Crippen LogP) is 2.61. The van der Waals surface area contributed by atoms with E-state index in [1.165, 1.54) is 5.56 Å². The van der Waals surface area contributed by atoms with Crippen molar-refractivity contribution in [3.05, 3.63) is 53.6 Å². The lowest BCUT2D eigenvalue weighted by Gasteiger charge is -2.35. The first-order valence-electron chi connectivity index (χ1n) is 9.59. The fraction of sp³-hybridized carbons (Fsp3) is 0.381. The molecule has 0 bridgehead atoms. The molecule has 1 aliphatic heterocycles. The first-order valence-corrected chi connectivity index (χ1v) is 11.0. The molecule has 0 aromatic heterocycles. The number of carbonyl (C=O) groups is 1. The summed E-state index contributed by atoms with van der Waals surface area (Å²) in [4.78, 5) is 15.6. The molecule has 2 aromatic carbocycles. The minimum Gasteiger partial charge on any atom is -0.379 e. The van der Waals surface area contributed by atoms with Crippen molar-refractivity contribution in [2.24, 2.45) is 0 Å². The molecule has 2 aromatic rings. The van der Waals surface area contributed by atoms with Gasteiger partial charge in [0, 0.05) is 38.8 Å². The number of benzene rings is 2. The topological polar surface area (TPSA) is 66.9 Å². The lowest BCUT2D eigenvalue weighted by molar-refractivity contribution is -0.129. The van der Waals surface area contributed by atoms with Gasteiger partial charge in [0.1, 0.15) is 10.6 Å². The Kier molecular flexibility index (Phi) is 5.02. The standard InChI is InChI=1S/C21H24N2O4S/c1-16(24)22-11-13-23(14-12-22)19-6-8-20(9-7-19)27-28(25,26)21-10-5-17-3-2-4-18(17)15-21/h5-10,15H,2-4,11-14H2,1H3. The summed E-state index contributed by atoms with van der Waals surface area (Å²) in [7, 11) is -3.85. The highest BCUT2D eigenvalue weighted by atomic mass is 32.2. The zero-order valence-corrected chi connectivity index (χ0v) is 16.7. The molecule has 7 heteroatoms. The Labute approximate surface area is 165 Å². The van der Waals surface area contributed by atoms with Crippen LogP contribution >= 0.6 is 0 Å². The Morgan fingerprint density at radius 2 is 1.61 bits per heavy atom. The quantitative estimate of drug-likeness (QED) is 0.738. The third-order valence-electron chi connectivity index (χ3n) is 5.49. The Bertz CT molecular complexity index is 978. The van der Waals surface area contributed by atoms with E-state index in [0.717, 1.165) is 43.6 Å². The summed E-state index contributed by atoms with van der Waals surface area (Å²) >= 11 is 0. The zero-order chi connectivity index (χ0) is 19.7. The number of amides is 1. The van der Waals surface area contributed by atoms with Gasteiger partial charge in [-0.2, -0.15) is 8.42 Å². The summed E-state index contributed by atoms with van der Waals surface area (Å²) in [6.07, 6.45) is 3.00. The zero-order valence-electron chi connectivity index (χ0n) is 15.9. The lowest BCUT2D eigenvalue weighted by Crippen LogP contribution is -2.48. The molecule has 2 aliphatic rings. The molecule has 0 atom stereocenters. The van der Waals surface area contributed by atoms with Crippen LogP contribution in [0.25, 0.3) is 0 Å². The highest BCUT2D eigenvalue weighted by Gasteiger charge is 2.21. The molecule has 4 rings (SSSR count). The van der Waals surface area contributed by atoms with Crippen molar-refractivity contribution in [3.63, 3.8) is 0 Å². The molecule has 28 heavy (non-hydrogen) atoms. The maximum absolute atomic E-state index is 12.6. The lowest BCUT2D eigenvalue weighted by atomic mass is 10.1. The second kappa shape index (κ2) is 7.47. The molecule has 1 aliphatic carbocycles. The van der Waals surface area contributed by atoms with E-state index in [1.54, 1.807) is 31.2 Å². The summed E-state index contributed by atoms with van der Waals surface area (Å²) in [6, 6.07) is 12.3. The van der Waals surface area contributed by atoms with Gasteiger partial charge in [0.15, 0.2) is 0 Å². The molecular weight excluding hydrogens is 376 g/mol. The highest BCUT2D eigenvalue weighted by Crippen LogP contribution is 2.27. The number of anilines is 1. The Morgan fingerprint density at radius 3 is 2.29 bits per heavy atom. The summed E-state index contributed by atoms with van der Waals surface area (Å²) in [6.45, 7) is 4.49. The van der Waals surface area contributed by atoms with Crippen LogP contribution in [0.1, 0.15) is 24.5 Å². The van der Waals surface area contributed by atoms with Crippen molar-refractivity contribution in [1.29, 1.82) is 0 Å². The van der Waals surface area contributed by atoms with Crippen LogP contribution in [0.4, 0.5) is 5.69 Å². The second-order valence-electron chi connectivity index (χ2n) is 7.31. The second-order valence-corrected chi connectivity index (χ2v) is 8.85. The van der Waals surface area contributed by atoms with E-state index < -0.39 is 10.1 Å². The Morgan fingerprint density at radius 1 is 0.929 bits per heavy atom. The van der Waals surface area contributed by atoms with Crippen LogP contribution in [0.5, 0.6) is 5.75 Å². The summed E-state index contributed by atoms with van der Waals surface area (Å²) in [5.41, 5.74) is 3.32. The van der Waals surface area contributed by atoms with Crippen LogP contribution in [0.15, 0.2) is 47.4 Å². The highest BCUT2D eigenvalue weighted by molar-refractivity contribution is 7.87. The third-order valence-corrected chi connectivity index (χ3v) is 6.73. The van der Waals surface area contributed by atoms with Crippen molar-refractivity contribution in [3.8, 4) is 5.75 Å². The normalized spacial score (nSPS) is 16.8. The number of hydrogen-bond donors (Lipinski definition) is 0. The van der Waals surface area contributed by atoms with Gasteiger partial charge in [-0.05, 0) is 66.8 Å². The molecule has 1 saturated heterocycles. The SMILES string of the molecule is CC(=O)N1CCN(c2ccc(OS(=O)(=O)c3ccc4c(c3)CCC4)cc2)CC1. The van der Waals surface area contributed by atoms with Crippen LogP contribution in [-0.4, -0.2) is 45.4 Å².